The molecule has 168 valence electrons. The Morgan fingerprint density at radius 2 is 1.21 bits per heavy atom. The van der Waals surface area contributed by atoms with Crippen LogP contribution in [0, 0.1) is 13.8 Å². The van der Waals surface area contributed by atoms with Gasteiger partial charge in [-0.25, -0.2) is 6.92 Å². The third-order valence-electron chi connectivity index (χ3n) is 5.49. The Balaban J connectivity index is 0.00000306. The van der Waals surface area contributed by atoms with Crippen LogP contribution in [0.2, 0.25) is 0 Å². The minimum absolute atomic E-state index is 0. The Kier molecular flexibility index (Phi) is 8.41. The molecule has 4 aromatic carbocycles. The Bertz CT molecular complexity index is 1190. The number of rotatable bonds is 6. The van der Waals surface area contributed by atoms with Gasteiger partial charge in [0, 0.05) is 28.1 Å². The van der Waals surface area contributed by atoms with Crippen molar-refractivity contribution in [2.45, 2.75) is 19.8 Å². The summed E-state index contributed by atoms with van der Waals surface area (Å²) in [6.45, 7) is 8.30. The normalized spacial score (nSPS) is 11.8. The van der Waals surface area contributed by atoms with Crippen LogP contribution in [-0.2, 0) is 16.5 Å². The van der Waals surface area contributed by atoms with Crippen LogP contribution < -0.4 is 0 Å². The molecule has 0 N–H and O–H groups in total. The molecule has 4 rings (SSSR count). The second kappa shape index (κ2) is 11.4. The third kappa shape index (κ3) is 6.09. The molecule has 0 unspecified atom stereocenters. The van der Waals surface area contributed by atoms with Gasteiger partial charge in [-0.15, -0.1) is 0 Å². The van der Waals surface area contributed by atoms with Gasteiger partial charge in [0.2, 0.25) is 0 Å². The van der Waals surface area contributed by atoms with E-state index < -0.39 is 0 Å². The van der Waals surface area contributed by atoms with Crippen molar-refractivity contribution in [3.05, 3.63) is 138 Å². The third-order valence-corrected chi connectivity index (χ3v) is 5.49. The van der Waals surface area contributed by atoms with Crippen LogP contribution in [0.3, 0.4) is 0 Å². The number of aliphatic imine (C=N–C) groups is 2. The van der Waals surface area contributed by atoms with Crippen LogP contribution >= 0.6 is 0 Å². The number of aryl methyl sites for hydroxylation is 1. The van der Waals surface area contributed by atoms with E-state index in [1.165, 1.54) is 16.7 Å². The van der Waals surface area contributed by atoms with Crippen LogP contribution in [-0.4, -0.2) is 11.4 Å². The zero-order valence-corrected chi connectivity index (χ0v) is 19.9. The Hall–Kier alpha value is -3.42. The smallest absolute Gasteiger partial charge is 0.0642 e. The van der Waals surface area contributed by atoms with Crippen LogP contribution in [0.4, 0.5) is 11.4 Å². The molecule has 0 aromatic heterocycles. The Labute approximate surface area is 207 Å². The summed E-state index contributed by atoms with van der Waals surface area (Å²) in [5.74, 6) is 0.0789. The van der Waals surface area contributed by atoms with E-state index in [0.717, 1.165) is 22.6 Å². The van der Waals surface area contributed by atoms with E-state index in [9.17, 15) is 0 Å². The zero-order valence-electron chi connectivity index (χ0n) is 18.9. The van der Waals surface area contributed by atoms with Gasteiger partial charge in [0.05, 0.1) is 5.69 Å². The SMILES string of the molecule is [CH2-]C(=Nc1ccc(C)cc1C(c1ccccc1)c1ccccc1)C(C)=Nc1ccccc1.[Ni]. The summed E-state index contributed by atoms with van der Waals surface area (Å²) in [4.78, 5) is 9.63. The van der Waals surface area contributed by atoms with Gasteiger partial charge in [0.15, 0.2) is 0 Å². The van der Waals surface area contributed by atoms with Crippen molar-refractivity contribution >= 4 is 22.8 Å². The van der Waals surface area contributed by atoms with Gasteiger partial charge in [0.25, 0.3) is 0 Å². The fourth-order valence-corrected chi connectivity index (χ4v) is 3.84. The molecule has 0 aliphatic heterocycles. The maximum Gasteiger partial charge on any atom is 0.0642 e. The monoisotopic (exact) mass is 473 g/mol. The Morgan fingerprint density at radius 3 is 1.76 bits per heavy atom. The van der Waals surface area contributed by atoms with E-state index in [1.807, 2.05) is 37.3 Å². The first-order chi connectivity index (χ1) is 15.6. The van der Waals surface area contributed by atoms with Gasteiger partial charge in [-0.05, 0) is 41.8 Å². The molecule has 0 saturated carbocycles. The molecule has 4 aromatic rings. The topological polar surface area (TPSA) is 24.7 Å². The summed E-state index contributed by atoms with van der Waals surface area (Å²) in [5.41, 5.74) is 8.13. The van der Waals surface area contributed by atoms with Gasteiger partial charge in [-0.2, -0.15) is 0 Å². The maximum atomic E-state index is 4.94. The molecule has 0 aliphatic carbocycles. The molecule has 0 atom stereocenters. The summed E-state index contributed by atoms with van der Waals surface area (Å²) in [6, 6.07) is 37.5. The van der Waals surface area contributed by atoms with Crippen molar-refractivity contribution in [3.63, 3.8) is 0 Å². The molecular weight excluding hydrogens is 447 g/mol. The molecule has 0 amide bonds. The largest absolute Gasteiger partial charge is 0.347 e. The van der Waals surface area contributed by atoms with Crippen molar-refractivity contribution in [1.82, 2.24) is 0 Å². The average Bonchev–Trinajstić information content (AvgIpc) is 2.83. The van der Waals surface area contributed by atoms with Crippen molar-refractivity contribution < 1.29 is 16.5 Å². The van der Waals surface area contributed by atoms with E-state index in [2.05, 4.69) is 97.7 Å². The fraction of sp³-hybridized carbons (Fsp3) is 0.100. The van der Waals surface area contributed by atoms with E-state index in [0.29, 0.717) is 5.71 Å². The van der Waals surface area contributed by atoms with Crippen molar-refractivity contribution in [2.75, 3.05) is 0 Å². The van der Waals surface area contributed by atoms with E-state index in [-0.39, 0.29) is 22.4 Å². The van der Waals surface area contributed by atoms with E-state index in [1.54, 1.807) is 0 Å². The van der Waals surface area contributed by atoms with Crippen molar-refractivity contribution in [1.29, 1.82) is 0 Å². The summed E-state index contributed by atoms with van der Waals surface area (Å²) in [5, 5.41) is 0. The molecule has 0 heterocycles. The maximum absolute atomic E-state index is 4.94. The van der Waals surface area contributed by atoms with Crippen molar-refractivity contribution in [3.8, 4) is 0 Å². The fourth-order valence-electron chi connectivity index (χ4n) is 3.84. The predicted molar refractivity (Wildman–Crippen MR) is 137 cm³/mol. The average molecular weight is 474 g/mol. The molecule has 0 aliphatic rings. The van der Waals surface area contributed by atoms with Gasteiger partial charge < -0.3 is 4.99 Å². The van der Waals surface area contributed by atoms with Gasteiger partial charge >= 0.3 is 0 Å². The molecule has 33 heavy (non-hydrogen) atoms. The van der Waals surface area contributed by atoms with E-state index >= 15 is 0 Å². The van der Waals surface area contributed by atoms with Crippen LogP contribution in [0.15, 0.2) is 119 Å². The summed E-state index contributed by atoms with van der Waals surface area (Å²) in [7, 11) is 0. The van der Waals surface area contributed by atoms with E-state index in [4.69, 9.17) is 4.99 Å². The second-order valence-corrected chi connectivity index (χ2v) is 7.91. The predicted octanol–water partition coefficient (Wildman–Crippen LogP) is 7.87. The molecule has 0 saturated heterocycles. The quantitative estimate of drug-likeness (QED) is 0.118. The zero-order chi connectivity index (χ0) is 22.3. The van der Waals surface area contributed by atoms with Gasteiger partial charge in [-0.3, -0.25) is 4.99 Å². The Morgan fingerprint density at radius 1 is 0.697 bits per heavy atom. The number of benzene rings is 4. The summed E-state index contributed by atoms with van der Waals surface area (Å²) < 4.78 is 0. The summed E-state index contributed by atoms with van der Waals surface area (Å²) in [6.07, 6.45) is 0. The first-order valence-electron chi connectivity index (χ1n) is 10.8. The molecule has 0 radical (unpaired) electrons. The van der Waals surface area contributed by atoms with Crippen LogP contribution in [0.25, 0.3) is 0 Å². The summed E-state index contributed by atoms with van der Waals surface area (Å²) >= 11 is 0. The van der Waals surface area contributed by atoms with Crippen LogP contribution in [0.5, 0.6) is 0 Å². The van der Waals surface area contributed by atoms with Crippen molar-refractivity contribution in [2.24, 2.45) is 9.98 Å². The molecule has 3 heteroatoms. The molecule has 0 fully saturated rings. The minimum Gasteiger partial charge on any atom is -0.347 e. The standard InChI is InChI=1S/C30H27N2.Ni/c1-22-19-20-29(32-24(3)23(2)31-27-17-11-6-12-18-27)28(21-22)30(25-13-7-4-8-14-25)26-15-9-5-10-16-26;/h4-21,30H,3H2,1-2H3;/q-1;. The second-order valence-electron chi connectivity index (χ2n) is 7.91. The number of para-hydroxylation sites is 1. The van der Waals surface area contributed by atoms with Gasteiger partial charge in [0.1, 0.15) is 0 Å². The van der Waals surface area contributed by atoms with Gasteiger partial charge in [-0.1, -0.05) is 115 Å². The molecule has 2 nitrogen and oxygen atoms in total. The molecule has 0 bridgehead atoms. The first-order valence-corrected chi connectivity index (χ1v) is 10.8. The molecule has 0 spiro atoms. The minimum atomic E-state index is 0. The molecular formula is C30H27N2Ni-. The number of hydrogen-bond donors (Lipinski definition) is 0. The number of hydrogen-bond acceptors (Lipinski definition) is 2. The first kappa shape index (κ1) is 24.2. The number of nitrogens with zero attached hydrogens (tertiary/aromatic N) is 2. The van der Waals surface area contributed by atoms with Crippen LogP contribution in [0.1, 0.15) is 35.1 Å².